The molecule has 3 rings (SSSR count). The van der Waals surface area contributed by atoms with Crippen LogP contribution in [0.4, 0.5) is 5.82 Å². The van der Waals surface area contributed by atoms with E-state index in [-0.39, 0.29) is 6.61 Å². The van der Waals surface area contributed by atoms with Gasteiger partial charge < -0.3 is 24.8 Å². The van der Waals surface area contributed by atoms with Gasteiger partial charge in [-0.3, -0.25) is 4.57 Å². The average molecular weight is 377 g/mol. The molecule has 9 nitrogen and oxygen atoms in total. The predicted molar refractivity (Wildman–Crippen MR) is 93.1 cm³/mol. The van der Waals surface area contributed by atoms with E-state index in [1.165, 1.54) is 12.7 Å². The average Bonchev–Trinajstić information content (AvgIpc) is 3.11. The van der Waals surface area contributed by atoms with Gasteiger partial charge in [0.25, 0.3) is 0 Å². The molecule has 0 spiro atoms. The number of hydrogen-bond donors (Lipinski definition) is 3. The van der Waals surface area contributed by atoms with Crippen LogP contribution in [0.5, 0.6) is 0 Å². The van der Waals surface area contributed by atoms with E-state index in [1.54, 1.807) is 11.6 Å². The van der Waals surface area contributed by atoms with Gasteiger partial charge in [0, 0.05) is 15.5 Å². The lowest BCUT2D eigenvalue weighted by Crippen LogP contribution is -2.33. The van der Waals surface area contributed by atoms with Crippen LogP contribution in [-0.4, -0.2) is 61.7 Å². The van der Waals surface area contributed by atoms with E-state index in [4.69, 9.17) is 9.26 Å². The lowest BCUT2D eigenvalue weighted by molar-refractivity contribution is -0.0456. The first-order valence-electron chi connectivity index (χ1n) is 6.86. The molecule has 0 aromatic carbocycles. The van der Waals surface area contributed by atoms with E-state index in [0.717, 1.165) is 0 Å². The highest BCUT2D eigenvalue weighted by atomic mass is 32.4. The summed E-state index contributed by atoms with van der Waals surface area (Å²) in [6, 6.07) is 0. The van der Waals surface area contributed by atoms with Crippen LogP contribution < -0.4 is 5.32 Å². The van der Waals surface area contributed by atoms with Crippen LogP contribution in [0, 0.1) is 0 Å². The van der Waals surface area contributed by atoms with E-state index >= 15 is 0 Å². The summed E-state index contributed by atoms with van der Waals surface area (Å²) in [6.07, 6.45) is -0.546. The van der Waals surface area contributed by atoms with Crippen LogP contribution >= 0.6 is 25.4 Å². The minimum Gasteiger partial charge on any atom is -0.387 e. The van der Waals surface area contributed by atoms with Gasteiger partial charge in [0.1, 0.15) is 30.2 Å². The van der Waals surface area contributed by atoms with Crippen LogP contribution in [0.15, 0.2) is 12.7 Å². The fourth-order valence-corrected chi connectivity index (χ4v) is 4.06. The van der Waals surface area contributed by atoms with E-state index in [1.807, 2.05) is 0 Å². The standard InChI is InChI=1S/C11H18N5O4P3/c1-12-9-6-10(14-3-13-9)16(4-15-6)11-8(18)7(17)5(20-11)2-19-22-23-21/h3-5,7-8,11,17-18,22-23H,2,21H2,1H3,(H,12,13,14)/t5-,7+,8?,11-/m1/s1. The second kappa shape index (κ2) is 7.58. The second-order valence-corrected chi connectivity index (χ2v) is 9.76. The number of nitrogens with one attached hydrogen (secondary N) is 1. The summed E-state index contributed by atoms with van der Waals surface area (Å²) in [5.74, 6) is 0.587. The van der Waals surface area contributed by atoms with Gasteiger partial charge in [-0.25, -0.2) is 15.0 Å². The van der Waals surface area contributed by atoms with E-state index < -0.39 is 24.5 Å². The smallest absolute Gasteiger partial charge is 0.167 e. The van der Waals surface area contributed by atoms with Gasteiger partial charge in [0.2, 0.25) is 0 Å². The van der Waals surface area contributed by atoms with Crippen molar-refractivity contribution >= 4 is 42.4 Å². The first kappa shape index (κ1) is 17.3. The van der Waals surface area contributed by atoms with Crippen molar-refractivity contribution in [3.05, 3.63) is 12.7 Å². The third-order valence-electron chi connectivity index (χ3n) is 3.59. The molecule has 0 saturated carbocycles. The third-order valence-corrected chi connectivity index (χ3v) is 5.86. The zero-order valence-corrected chi connectivity index (χ0v) is 15.4. The number of fused-ring (bicyclic) bond motifs is 1. The normalized spacial score (nSPS) is 28.7. The molecular weight excluding hydrogens is 359 g/mol. The Balaban J connectivity index is 1.84. The van der Waals surface area contributed by atoms with Gasteiger partial charge in [0.15, 0.2) is 17.7 Å². The van der Waals surface area contributed by atoms with Crippen molar-refractivity contribution in [1.29, 1.82) is 0 Å². The summed E-state index contributed by atoms with van der Waals surface area (Å²) in [7, 11) is 5.29. The number of aromatic nitrogens is 4. The first-order chi connectivity index (χ1) is 11.2. The summed E-state index contributed by atoms with van der Waals surface area (Å²) in [4.78, 5) is 12.6. The maximum Gasteiger partial charge on any atom is 0.167 e. The van der Waals surface area contributed by atoms with Crippen molar-refractivity contribution in [1.82, 2.24) is 19.5 Å². The maximum absolute atomic E-state index is 10.3. The van der Waals surface area contributed by atoms with Crippen molar-refractivity contribution in [3.8, 4) is 0 Å². The number of hydrogen-bond acceptors (Lipinski definition) is 8. The molecule has 0 bridgehead atoms. The number of anilines is 1. The van der Waals surface area contributed by atoms with Gasteiger partial charge in [0.05, 0.1) is 12.9 Å². The Kier molecular flexibility index (Phi) is 5.70. The summed E-state index contributed by atoms with van der Waals surface area (Å²) in [5.41, 5.74) is 1.10. The number of rotatable bonds is 6. The maximum atomic E-state index is 10.3. The Bertz CT molecular complexity index is 674. The minimum atomic E-state index is -1.09. The number of aliphatic hydroxyl groups is 2. The largest absolute Gasteiger partial charge is 0.387 e. The van der Waals surface area contributed by atoms with E-state index in [2.05, 4.69) is 29.2 Å². The zero-order chi connectivity index (χ0) is 16.4. The summed E-state index contributed by atoms with van der Waals surface area (Å²) in [6.45, 7) is 0.234. The van der Waals surface area contributed by atoms with E-state index in [9.17, 15) is 10.2 Å². The molecule has 2 aromatic rings. The lowest BCUT2D eigenvalue weighted by atomic mass is 10.1. The van der Waals surface area contributed by atoms with Crippen LogP contribution in [0.1, 0.15) is 6.23 Å². The topological polar surface area (TPSA) is 115 Å². The molecule has 3 heterocycles. The number of aliphatic hydroxyl groups excluding tert-OH is 2. The summed E-state index contributed by atoms with van der Waals surface area (Å²) >= 11 is 0. The third kappa shape index (κ3) is 3.33. The molecule has 1 fully saturated rings. The Hall–Kier alpha value is -0.520. The van der Waals surface area contributed by atoms with Gasteiger partial charge in [-0.05, 0) is 0 Å². The van der Waals surface area contributed by atoms with Gasteiger partial charge >= 0.3 is 0 Å². The Morgan fingerprint density at radius 2 is 2.22 bits per heavy atom. The fraction of sp³-hybridized carbons (Fsp3) is 0.545. The zero-order valence-electron chi connectivity index (χ0n) is 12.2. The van der Waals surface area contributed by atoms with Crippen LogP contribution in [-0.2, 0) is 9.26 Å². The number of nitrogens with zero attached hydrogens (tertiary/aromatic N) is 4. The van der Waals surface area contributed by atoms with Crippen molar-refractivity contribution < 1.29 is 19.5 Å². The molecule has 0 radical (unpaired) electrons. The molecular formula is C11H18N5O4P3. The Morgan fingerprint density at radius 3 is 2.96 bits per heavy atom. The molecule has 1 aliphatic rings. The molecule has 2 aromatic heterocycles. The molecule has 1 aliphatic heterocycles. The van der Waals surface area contributed by atoms with Crippen molar-refractivity contribution in [2.45, 2.75) is 24.5 Å². The molecule has 1 saturated heterocycles. The molecule has 126 valence electrons. The van der Waals surface area contributed by atoms with E-state index in [0.29, 0.717) is 33.4 Å². The first-order valence-corrected chi connectivity index (χ1v) is 11.6. The van der Waals surface area contributed by atoms with Crippen molar-refractivity contribution in [2.24, 2.45) is 0 Å². The number of imidazole rings is 1. The highest BCUT2D eigenvalue weighted by molar-refractivity contribution is 8.37. The predicted octanol–water partition coefficient (Wildman–Crippen LogP) is 0.481. The summed E-state index contributed by atoms with van der Waals surface area (Å²) < 4.78 is 12.8. The van der Waals surface area contributed by atoms with Crippen molar-refractivity contribution in [2.75, 3.05) is 19.0 Å². The van der Waals surface area contributed by atoms with Crippen LogP contribution in [0.25, 0.3) is 11.2 Å². The van der Waals surface area contributed by atoms with Crippen LogP contribution in [0.2, 0.25) is 0 Å². The number of ether oxygens (including phenoxy) is 1. The minimum absolute atomic E-state index is 0.234. The molecule has 0 aliphatic carbocycles. The monoisotopic (exact) mass is 377 g/mol. The highest BCUT2D eigenvalue weighted by Gasteiger charge is 2.44. The SMILES string of the molecule is CNc1ncnc2c1ncn2[C@@H]1O[C@H](COPPP)[C@H](O)C1O. The molecule has 0 amide bonds. The van der Waals surface area contributed by atoms with Crippen molar-refractivity contribution in [3.63, 3.8) is 0 Å². The fourth-order valence-electron chi connectivity index (χ4n) is 2.48. The van der Waals surface area contributed by atoms with Gasteiger partial charge in [-0.2, -0.15) is 0 Å². The molecule has 12 heteroatoms. The molecule has 4 unspecified atom stereocenters. The second-order valence-electron chi connectivity index (χ2n) is 4.90. The lowest BCUT2D eigenvalue weighted by Gasteiger charge is -2.16. The molecule has 3 N–H and O–H groups in total. The van der Waals surface area contributed by atoms with Crippen LogP contribution in [0.3, 0.4) is 0 Å². The Morgan fingerprint density at radius 1 is 1.39 bits per heavy atom. The molecule has 7 atom stereocenters. The highest BCUT2D eigenvalue weighted by Crippen LogP contribution is 2.44. The van der Waals surface area contributed by atoms with Gasteiger partial charge in [-0.1, -0.05) is 7.96 Å². The quantitative estimate of drug-likeness (QED) is 0.492. The Labute approximate surface area is 138 Å². The molecule has 23 heavy (non-hydrogen) atoms. The summed E-state index contributed by atoms with van der Waals surface area (Å²) in [5, 5.41) is 23.4. The van der Waals surface area contributed by atoms with Gasteiger partial charge in [-0.15, -0.1) is 8.93 Å².